The zero-order valence-corrected chi connectivity index (χ0v) is 10.8. The van der Waals surface area contributed by atoms with Crippen LogP contribution in [0.2, 0.25) is 0 Å². The van der Waals surface area contributed by atoms with Gasteiger partial charge in [0.25, 0.3) is 0 Å². The first-order valence-corrected chi connectivity index (χ1v) is 5.65. The van der Waals surface area contributed by atoms with Gasteiger partial charge in [-0.15, -0.1) is 0 Å². The fraction of sp³-hybridized carbons (Fsp3) is 0.538. The number of halogens is 2. The lowest BCUT2D eigenvalue weighted by molar-refractivity contribution is 0.189. The van der Waals surface area contributed by atoms with Crippen LogP contribution >= 0.6 is 0 Å². The van der Waals surface area contributed by atoms with Crippen LogP contribution < -0.4 is 5.32 Å². The Bertz CT molecular complexity index is 376. The third-order valence-electron chi connectivity index (χ3n) is 3.09. The first-order valence-electron chi connectivity index (χ1n) is 5.65. The Morgan fingerprint density at radius 1 is 1.24 bits per heavy atom. The molecule has 0 radical (unpaired) electrons. The molecule has 0 aliphatic heterocycles. The van der Waals surface area contributed by atoms with Crippen molar-refractivity contribution in [1.29, 1.82) is 0 Å². The second-order valence-electron chi connectivity index (χ2n) is 5.05. The average molecular weight is 242 g/mol. The van der Waals surface area contributed by atoms with Gasteiger partial charge in [-0.1, -0.05) is 0 Å². The quantitative estimate of drug-likeness (QED) is 0.853. The average Bonchev–Trinajstić information content (AvgIpc) is 2.22. The zero-order chi connectivity index (χ0) is 13.1. The maximum atomic E-state index is 13.3. The van der Waals surface area contributed by atoms with E-state index in [0.717, 1.165) is 12.1 Å². The predicted molar refractivity (Wildman–Crippen MR) is 65.8 cm³/mol. The van der Waals surface area contributed by atoms with Gasteiger partial charge in [0.2, 0.25) is 0 Å². The Morgan fingerprint density at radius 3 is 2.47 bits per heavy atom. The molecule has 96 valence electrons. The van der Waals surface area contributed by atoms with Crippen molar-refractivity contribution in [3.63, 3.8) is 0 Å². The van der Waals surface area contributed by atoms with E-state index in [9.17, 15) is 8.78 Å². The molecule has 4 heteroatoms. The standard InChI is InChI=1S/C13H20F2N2/c1-13(2,17(3)4)9-16-8-10-7-11(14)5-6-12(10)15/h5-7,16H,8-9H2,1-4H3. The van der Waals surface area contributed by atoms with Gasteiger partial charge in [-0.2, -0.15) is 0 Å². The van der Waals surface area contributed by atoms with Crippen LogP contribution in [-0.2, 0) is 6.54 Å². The number of nitrogens with zero attached hydrogens (tertiary/aromatic N) is 1. The number of hydrogen-bond donors (Lipinski definition) is 1. The van der Waals surface area contributed by atoms with E-state index >= 15 is 0 Å². The molecular formula is C13H20F2N2. The van der Waals surface area contributed by atoms with Crippen molar-refractivity contribution < 1.29 is 8.78 Å². The molecule has 0 aromatic heterocycles. The fourth-order valence-corrected chi connectivity index (χ4v) is 1.34. The van der Waals surface area contributed by atoms with E-state index in [2.05, 4.69) is 24.1 Å². The van der Waals surface area contributed by atoms with Gasteiger partial charge in [-0.05, 0) is 46.1 Å². The summed E-state index contributed by atoms with van der Waals surface area (Å²) in [5.74, 6) is -0.781. The number of rotatable bonds is 5. The van der Waals surface area contributed by atoms with Crippen LogP contribution in [0.5, 0.6) is 0 Å². The summed E-state index contributed by atoms with van der Waals surface area (Å²) in [6.07, 6.45) is 0. The van der Waals surface area contributed by atoms with Gasteiger partial charge in [-0.25, -0.2) is 8.78 Å². The van der Waals surface area contributed by atoms with Crippen molar-refractivity contribution in [1.82, 2.24) is 10.2 Å². The van der Waals surface area contributed by atoms with E-state index < -0.39 is 5.82 Å². The molecule has 0 bridgehead atoms. The summed E-state index contributed by atoms with van der Waals surface area (Å²) in [6.45, 7) is 5.21. The molecule has 2 nitrogen and oxygen atoms in total. The summed E-state index contributed by atoms with van der Waals surface area (Å²) in [6, 6.07) is 3.51. The topological polar surface area (TPSA) is 15.3 Å². The Hall–Kier alpha value is -1.00. The van der Waals surface area contributed by atoms with Crippen LogP contribution in [0.15, 0.2) is 18.2 Å². The minimum Gasteiger partial charge on any atom is -0.311 e. The summed E-state index contributed by atoms with van der Waals surface area (Å²) in [4.78, 5) is 2.09. The second kappa shape index (κ2) is 5.56. The molecule has 1 aromatic carbocycles. The van der Waals surface area contributed by atoms with Crippen LogP contribution in [-0.4, -0.2) is 31.1 Å². The van der Waals surface area contributed by atoms with Gasteiger partial charge >= 0.3 is 0 Å². The summed E-state index contributed by atoms with van der Waals surface area (Å²) in [7, 11) is 3.98. The smallest absolute Gasteiger partial charge is 0.127 e. The maximum Gasteiger partial charge on any atom is 0.127 e. The Labute approximate surface area is 102 Å². The Morgan fingerprint density at radius 2 is 1.88 bits per heavy atom. The number of benzene rings is 1. The third kappa shape index (κ3) is 4.06. The first kappa shape index (κ1) is 14.1. The largest absolute Gasteiger partial charge is 0.311 e. The Balaban J connectivity index is 2.54. The number of nitrogens with one attached hydrogen (secondary N) is 1. The molecule has 0 saturated carbocycles. The highest BCUT2D eigenvalue weighted by Gasteiger charge is 2.19. The van der Waals surface area contributed by atoms with Gasteiger partial charge in [-0.3, -0.25) is 0 Å². The number of hydrogen-bond acceptors (Lipinski definition) is 2. The van der Waals surface area contributed by atoms with Crippen molar-refractivity contribution in [3.05, 3.63) is 35.4 Å². The van der Waals surface area contributed by atoms with Crippen molar-refractivity contribution >= 4 is 0 Å². The first-order chi connectivity index (χ1) is 7.83. The minimum atomic E-state index is -0.407. The lowest BCUT2D eigenvalue weighted by atomic mass is 10.0. The Kier molecular flexibility index (Phi) is 4.60. The van der Waals surface area contributed by atoms with E-state index in [4.69, 9.17) is 0 Å². The molecule has 17 heavy (non-hydrogen) atoms. The zero-order valence-electron chi connectivity index (χ0n) is 10.8. The highest BCUT2D eigenvalue weighted by Crippen LogP contribution is 2.11. The van der Waals surface area contributed by atoms with E-state index in [1.807, 2.05) is 14.1 Å². The van der Waals surface area contributed by atoms with Crippen molar-refractivity contribution in [2.45, 2.75) is 25.9 Å². The molecule has 0 heterocycles. The van der Waals surface area contributed by atoms with Crippen molar-refractivity contribution in [2.75, 3.05) is 20.6 Å². The number of likely N-dealkylation sites (N-methyl/N-ethyl adjacent to an activating group) is 1. The highest BCUT2D eigenvalue weighted by atomic mass is 19.1. The molecular weight excluding hydrogens is 222 g/mol. The lowest BCUT2D eigenvalue weighted by Crippen LogP contribution is -2.46. The van der Waals surface area contributed by atoms with Crippen LogP contribution in [0.25, 0.3) is 0 Å². The minimum absolute atomic E-state index is 0.0240. The summed E-state index contributed by atoms with van der Waals surface area (Å²) < 4.78 is 26.3. The van der Waals surface area contributed by atoms with E-state index in [-0.39, 0.29) is 11.4 Å². The molecule has 1 aromatic rings. The van der Waals surface area contributed by atoms with Crippen LogP contribution in [0.1, 0.15) is 19.4 Å². The van der Waals surface area contributed by atoms with Crippen LogP contribution in [0, 0.1) is 11.6 Å². The summed E-state index contributed by atoms with van der Waals surface area (Å²) in [5, 5.41) is 3.14. The molecule has 0 spiro atoms. The van der Waals surface area contributed by atoms with E-state index in [1.165, 1.54) is 6.07 Å². The molecule has 0 aliphatic carbocycles. The maximum absolute atomic E-state index is 13.3. The summed E-state index contributed by atoms with van der Waals surface area (Å²) in [5.41, 5.74) is 0.337. The van der Waals surface area contributed by atoms with Gasteiger partial charge in [0.05, 0.1) is 0 Å². The fourth-order valence-electron chi connectivity index (χ4n) is 1.34. The SMILES string of the molecule is CN(C)C(C)(C)CNCc1cc(F)ccc1F. The normalized spacial score (nSPS) is 12.2. The molecule has 0 saturated heterocycles. The van der Waals surface area contributed by atoms with Gasteiger partial charge in [0, 0.05) is 24.2 Å². The highest BCUT2D eigenvalue weighted by molar-refractivity contribution is 5.18. The molecule has 0 atom stereocenters. The molecule has 1 rings (SSSR count). The van der Waals surface area contributed by atoms with E-state index in [0.29, 0.717) is 18.7 Å². The second-order valence-corrected chi connectivity index (χ2v) is 5.05. The van der Waals surface area contributed by atoms with Crippen LogP contribution in [0.4, 0.5) is 8.78 Å². The predicted octanol–water partition coefficient (Wildman–Crippen LogP) is 2.39. The molecule has 0 aliphatic rings. The van der Waals surface area contributed by atoms with Gasteiger partial charge < -0.3 is 10.2 Å². The molecule has 0 amide bonds. The summed E-state index contributed by atoms with van der Waals surface area (Å²) >= 11 is 0. The van der Waals surface area contributed by atoms with E-state index in [1.54, 1.807) is 0 Å². The molecule has 1 N–H and O–H groups in total. The van der Waals surface area contributed by atoms with Gasteiger partial charge in [0.1, 0.15) is 11.6 Å². The van der Waals surface area contributed by atoms with Gasteiger partial charge in [0.15, 0.2) is 0 Å². The molecule has 0 fully saturated rings. The van der Waals surface area contributed by atoms with Crippen molar-refractivity contribution in [3.8, 4) is 0 Å². The monoisotopic (exact) mass is 242 g/mol. The van der Waals surface area contributed by atoms with Crippen molar-refractivity contribution in [2.24, 2.45) is 0 Å². The third-order valence-corrected chi connectivity index (χ3v) is 3.09. The molecule has 0 unspecified atom stereocenters. The van der Waals surface area contributed by atoms with Crippen LogP contribution in [0.3, 0.4) is 0 Å². The lowest BCUT2D eigenvalue weighted by Gasteiger charge is -2.32.